The SMILES string of the molecule is CCCC(C)NC(=O)c1cccc2cccc(C(=O)O)c12. The van der Waals surface area contributed by atoms with Crippen LogP contribution in [-0.4, -0.2) is 23.0 Å². The van der Waals surface area contributed by atoms with Crippen molar-refractivity contribution in [2.45, 2.75) is 32.7 Å². The van der Waals surface area contributed by atoms with Gasteiger partial charge in [0.05, 0.1) is 5.56 Å². The molecule has 2 aromatic carbocycles. The minimum absolute atomic E-state index is 0.0646. The quantitative estimate of drug-likeness (QED) is 0.884. The van der Waals surface area contributed by atoms with Gasteiger partial charge in [0, 0.05) is 17.0 Å². The van der Waals surface area contributed by atoms with Crippen LogP contribution < -0.4 is 5.32 Å². The summed E-state index contributed by atoms with van der Waals surface area (Å²) in [5, 5.41) is 13.5. The van der Waals surface area contributed by atoms with Gasteiger partial charge in [0.25, 0.3) is 5.91 Å². The first-order valence-corrected chi connectivity index (χ1v) is 7.10. The van der Waals surface area contributed by atoms with Gasteiger partial charge in [0.1, 0.15) is 0 Å². The van der Waals surface area contributed by atoms with Gasteiger partial charge in [-0.25, -0.2) is 4.79 Å². The first-order valence-electron chi connectivity index (χ1n) is 7.10. The van der Waals surface area contributed by atoms with Gasteiger partial charge < -0.3 is 10.4 Å². The van der Waals surface area contributed by atoms with E-state index in [4.69, 9.17) is 0 Å². The van der Waals surface area contributed by atoms with Crippen LogP contribution in [0.2, 0.25) is 0 Å². The van der Waals surface area contributed by atoms with Gasteiger partial charge in [-0.2, -0.15) is 0 Å². The molecule has 0 aliphatic carbocycles. The van der Waals surface area contributed by atoms with E-state index in [9.17, 15) is 14.7 Å². The van der Waals surface area contributed by atoms with Crippen molar-refractivity contribution in [2.75, 3.05) is 0 Å². The molecule has 0 bridgehead atoms. The fourth-order valence-electron chi connectivity index (χ4n) is 2.52. The minimum atomic E-state index is -1.03. The molecule has 110 valence electrons. The molecule has 0 saturated heterocycles. The molecule has 0 fully saturated rings. The Morgan fingerprint density at radius 2 is 1.76 bits per heavy atom. The normalized spacial score (nSPS) is 12.1. The van der Waals surface area contributed by atoms with Crippen LogP contribution in [0.25, 0.3) is 10.8 Å². The monoisotopic (exact) mass is 285 g/mol. The molecule has 1 atom stereocenters. The average molecular weight is 285 g/mol. The first-order chi connectivity index (χ1) is 10.0. The van der Waals surface area contributed by atoms with Crippen molar-refractivity contribution in [3.8, 4) is 0 Å². The number of carbonyl (C=O) groups excluding carboxylic acids is 1. The van der Waals surface area contributed by atoms with Crippen LogP contribution in [0.15, 0.2) is 36.4 Å². The van der Waals surface area contributed by atoms with E-state index in [2.05, 4.69) is 12.2 Å². The van der Waals surface area contributed by atoms with Crippen molar-refractivity contribution in [1.82, 2.24) is 5.32 Å². The van der Waals surface area contributed by atoms with Crippen LogP contribution >= 0.6 is 0 Å². The van der Waals surface area contributed by atoms with Crippen molar-refractivity contribution in [1.29, 1.82) is 0 Å². The third-order valence-corrected chi connectivity index (χ3v) is 3.48. The molecular weight excluding hydrogens is 266 g/mol. The molecule has 0 saturated carbocycles. The summed E-state index contributed by atoms with van der Waals surface area (Å²) < 4.78 is 0. The summed E-state index contributed by atoms with van der Waals surface area (Å²) >= 11 is 0. The largest absolute Gasteiger partial charge is 0.478 e. The number of carboxylic acids is 1. The van der Waals surface area contributed by atoms with Crippen LogP contribution in [-0.2, 0) is 0 Å². The lowest BCUT2D eigenvalue weighted by molar-refractivity contribution is 0.0699. The Morgan fingerprint density at radius 1 is 1.14 bits per heavy atom. The zero-order valence-corrected chi connectivity index (χ0v) is 12.2. The van der Waals surface area contributed by atoms with E-state index in [1.54, 1.807) is 18.2 Å². The topological polar surface area (TPSA) is 66.4 Å². The zero-order valence-electron chi connectivity index (χ0n) is 12.2. The third-order valence-electron chi connectivity index (χ3n) is 3.48. The third kappa shape index (κ3) is 3.21. The number of fused-ring (bicyclic) bond motifs is 1. The highest BCUT2D eigenvalue weighted by atomic mass is 16.4. The lowest BCUT2D eigenvalue weighted by Gasteiger charge is -2.14. The molecule has 0 heterocycles. The van der Waals surface area contributed by atoms with Gasteiger partial charge in [0.2, 0.25) is 0 Å². The van der Waals surface area contributed by atoms with Gasteiger partial charge in [0.15, 0.2) is 0 Å². The van der Waals surface area contributed by atoms with Crippen molar-refractivity contribution in [3.63, 3.8) is 0 Å². The Kier molecular flexibility index (Phi) is 4.58. The average Bonchev–Trinajstić information content (AvgIpc) is 2.45. The van der Waals surface area contributed by atoms with Crippen LogP contribution in [0.5, 0.6) is 0 Å². The lowest BCUT2D eigenvalue weighted by atomic mass is 9.98. The minimum Gasteiger partial charge on any atom is -0.478 e. The van der Waals surface area contributed by atoms with E-state index in [0.717, 1.165) is 18.2 Å². The predicted molar refractivity (Wildman–Crippen MR) is 82.7 cm³/mol. The second-order valence-electron chi connectivity index (χ2n) is 5.18. The van der Waals surface area contributed by atoms with E-state index in [1.807, 2.05) is 19.1 Å². The second kappa shape index (κ2) is 6.39. The number of carboxylic acid groups (broad SMARTS) is 1. The Balaban J connectivity index is 2.48. The van der Waals surface area contributed by atoms with Crippen LogP contribution in [0, 0.1) is 0 Å². The summed E-state index contributed by atoms with van der Waals surface area (Å²) in [6.07, 6.45) is 1.87. The summed E-state index contributed by atoms with van der Waals surface area (Å²) in [4.78, 5) is 23.8. The van der Waals surface area contributed by atoms with E-state index in [0.29, 0.717) is 10.9 Å². The van der Waals surface area contributed by atoms with Gasteiger partial charge in [-0.3, -0.25) is 4.79 Å². The van der Waals surface area contributed by atoms with Gasteiger partial charge in [-0.15, -0.1) is 0 Å². The van der Waals surface area contributed by atoms with Crippen LogP contribution in [0.3, 0.4) is 0 Å². The molecule has 0 aliphatic heterocycles. The second-order valence-corrected chi connectivity index (χ2v) is 5.18. The highest BCUT2D eigenvalue weighted by Gasteiger charge is 2.17. The standard InChI is InChI=1S/C17H19NO3/c1-3-6-11(2)18-16(19)13-9-4-7-12-8-5-10-14(15(12)13)17(20)21/h4-5,7-11H,3,6H2,1-2H3,(H,18,19)(H,20,21). The van der Waals surface area contributed by atoms with Gasteiger partial charge in [-0.1, -0.05) is 37.6 Å². The summed E-state index contributed by atoms with van der Waals surface area (Å²) in [6, 6.07) is 10.3. The molecule has 0 aliphatic rings. The molecule has 4 nitrogen and oxygen atoms in total. The van der Waals surface area contributed by atoms with Crippen molar-refractivity contribution in [2.24, 2.45) is 0 Å². The lowest BCUT2D eigenvalue weighted by Crippen LogP contribution is -2.32. The molecule has 0 radical (unpaired) electrons. The number of hydrogen-bond donors (Lipinski definition) is 2. The summed E-state index contributed by atoms with van der Waals surface area (Å²) in [5.74, 6) is -1.25. The van der Waals surface area contributed by atoms with Gasteiger partial charge in [-0.05, 0) is 30.9 Å². The fourth-order valence-corrected chi connectivity index (χ4v) is 2.52. The number of nitrogens with one attached hydrogen (secondary N) is 1. The Bertz CT molecular complexity index is 674. The molecule has 2 N–H and O–H groups in total. The molecule has 0 spiro atoms. The van der Waals surface area contributed by atoms with E-state index in [-0.39, 0.29) is 17.5 Å². The van der Waals surface area contributed by atoms with E-state index < -0.39 is 5.97 Å². The Morgan fingerprint density at radius 3 is 2.33 bits per heavy atom. The highest BCUT2D eigenvalue weighted by Crippen LogP contribution is 2.23. The maximum Gasteiger partial charge on any atom is 0.336 e. The molecule has 1 unspecified atom stereocenters. The molecule has 2 rings (SSSR count). The molecule has 1 amide bonds. The number of aromatic carboxylic acids is 1. The first kappa shape index (κ1) is 15.0. The van der Waals surface area contributed by atoms with E-state index >= 15 is 0 Å². The number of hydrogen-bond acceptors (Lipinski definition) is 2. The molecule has 21 heavy (non-hydrogen) atoms. The van der Waals surface area contributed by atoms with Crippen LogP contribution in [0.4, 0.5) is 0 Å². The van der Waals surface area contributed by atoms with Crippen molar-refractivity contribution >= 4 is 22.6 Å². The molecule has 0 aromatic heterocycles. The number of carbonyl (C=O) groups is 2. The zero-order chi connectivity index (χ0) is 15.4. The number of benzene rings is 2. The van der Waals surface area contributed by atoms with Gasteiger partial charge >= 0.3 is 5.97 Å². The Hall–Kier alpha value is -2.36. The number of rotatable bonds is 5. The summed E-state index contributed by atoms with van der Waals surface area (Å²) in [7, 11) is 0. The predicted octanol–water partition coefficient (Wildman–Crippen LogP) is 3.46. The van der Waals surface area contributed by atoms with Crippen molar-refractivity contribution in [3.05, 3.63) is 47.5 Å². The summed E-state index contributed by atoms with van der Waals surface area (Å²) in [6.45, 7) is 4.01. The molecule has 2 aromatic rings. The number of amides is 1. The summed E-state index contributed by atoms with van der Waals surface area (Å²) in [5.41, 5.74) is 0.565. The molecular formula is C17H19NO3. The van der Waals surface area contributed by atoms with Crippen molar-refractivity contribution < 1.29 is 14.7 Å². The highest BCUT2D eigenvalue weighted by molar-refractivity contribution is 6.14. The van der Waals surface area contributed by atoms with Crippen LogP contribution in [0.1, 0.15) is 47.4 Å². The maximum atomic E-state index is 12.4. The molecule has 4 heteroatoms. The van der Waals surface area contributed by atoms with E-state index in [1.165, 1.54) is 6.07 Å². The fraction of sp³-hybridized carbons (Fsp3) is 0.294. The maximum absolute atomic E-state index is 12.4. The smallest absolute Gasteiger partial charge is 0.336 e. The Labute approximate surface area is 123 Å².